The van der Waals surface area contributed by atoms with Gasteiger partial charge in [0.2, 0.25) is 18.1 Å². The number of nitrogens with one attached hydrogen (secondary N) is 3. The maximum absolute atomic E-state index is 12.1. The molecular weight excluding hydrogens is 358 g/mol. The first-order chi connectivity index (χ1) is 13.5. The minimum absolute atomic E-state index is 0.196. The molecule has 2 rings (SSSR count). The van der Waals surface area contributed by atoms with Crippen molar-refractivity contribution in [2.24, 2.45) is 4.99 Å². The lowest BCUT2D eigenvalue weighted by molar-refractivity contribution is -0.143. The van der Waals surface area contributed by atoms with Crippen LogP contribution < -0.4 is 16.0 Å². The minimum atomic E-state index is -0.546. The Morgan fingerprint density at radius 2 is 1.96 bits per heavy atom. The van der Waals surface area contributed by atoms with Crippen molar-refractivity contribution >= 4 is 17.8 Å². The number of carbonyl (C=O) groups excluding carboxylic acids is 2. The second-order valence-corrected chi connectivity index (χ2v) is 6.91. The Morgan fingerprint density at radius 3 is 2.54 bits per heavy atom. The Bertz CT molecular complexity index is 734. The smallest absolute Gasteiger partial charge is 0.315 e. The molecule has 28 heavy (non-hydrogen) atoms. The molecule has 8 nitrogen and oxygen atoms in total. The molecule has 3 N–H and O–H groups in total. The third kappa shape index (κ3) is 5.71. The molecule has 0 bridgehead atoms. The van der Waals surface area contributed by atoms with Crippen molar-refractivity contribution in [2.75, 3.05) is 20.7 Å². The molecular formula is C20H27N5O3. The SMILES string of the molecule is CN/C(=N\C#N)N[C@H]1CC[C@](CNC(=O)CC(=O)OC)(c2ccccc2)CC1. The Hall–Kier alpha value is -3.08. The van der Waals surface area contributed by atoms with E-state index in [9.17, 15) is 9.59 Å². The number of amides is 1. The van der Waals surface area contributed by atoms with Gasteiger partial charge in [0.1, 0.15) is 6.42 Å². The van der Waals surface area contributed by atoms with Crippen LogP contribution in [0.3, 0.4) is 0 Å². The first-order valence-electron chi connectivity index (χ1n) is 9.33. The topological polar surface area (TPSA) is 116 Å². The van der Waals surface area contributed by atoms with Crippen molar-refractivity contribution in [1.29, 1.82) is 5.26 Å². The van der Waals surface area contributed by atoms with E-state index in [1.165, 1.54) is 12.7 Å². The summed E-state index contributed by atoms with van der Waals surface area (Å²) in [7, 11) is 2.99. The number of hydrogen-bond donors (Lipinski definition) is 3. The molecule has 1 aliphatic rings. The lowest BCUT2D eigenvalue weighted by atomic mass is 9.68. The molecule has 1 fully saturated rings. The van der Waals surface area contributed by atoms with E-state index in [0.717, 1.165) is 25.7 Å². The molecule has 8 heteroatoms. The van der Waals surface area contributed by atoms with Crippen molar-refractivity contribution < 1.29 is 14.3 Å². The molecule has 0 aliphatic heterocycles. The van der Waals surface area contributed by atoms with Gasteiger partial charge in [-0.15, -0.1) is 4.99 Å². The lowest BCUT2D eigenvalue weighted by Crippen LogP contribution is -2.49. The summed E-state index contributed by atoms with van der Waals surface area (Å²) in [6.07, 6.45) is 4.96. The zero-order valence-electron chi connectivity index (χ0n) is 16.3. The van der Waals surface area contributed by atoms with Crippen LogP contribution in [-0.2, 0) is 19.7 Å². The number of carbonyl (C=O) groups is 2. The molecule has 0 aromatic heterocycles. The number of nitriles is 1. The third-order valence-electron chi connectivity index (χ3n) is 5.22. The molecule has 1 aromatic rings. The molecule has 0 atom stereocenters. The number of nitrogens with zero attached hydrogens (tertiary/aromatic N) is 2. The van der Waals surface area contributed by atoms with Gasteiger partial charge >= 0.3 is 5.97 Å². The summed E-state index contributed by atoms with van der Waals surface area (Å²) >= 11 is 0. The van der Waals surface area contributed by atoms with Gasteiger partial charge < -0.3 is 20.7 Å². The predicted octanol–water partition coefficient (Wildman–Crippen LogP) is 1.19. The quantitative estimate of drug-likeness (QED) is 0.223. The molecule has 0 radical (unpaired) electrons. The zero-order valence-corrected chi connectivity index (χ0v) is 16.3. The molecule has 1 saturated carbocycles. The second kappa shape index (κ2) is 10.3. The molecule has 1 amide bonds. The van der Waals surface area contributed by atoms with E-state index in [2.05, 4.69) is 37.8 Å². The van der Waals surface area contributed by atoms with Crippen molar-refractivity contribution in [3.63, 3.8) is 0 Å². The first kappa shape index (κ1) is 21.2. The predicted molar refractivity (Wildman–Crippen MR) is 105 cm³/mol. The van der Waals surface area contributed by atoms with Gasteiger partial charge in [-0.25, -0.2) is 0 Å². The van der Waals surface area contributed by atoms with Gasteiger partial charge in [-0.1, -0.05) is 30.3 Å². The number of rotatable bonds is 6. The van der Waals surface area contributed by atoms with Crippen LogP contribution >= 0.6 is 0 Å². The van der Waals surface area contributed by atoms with E-state index in [1.54, 1.807) is 13.2 Å². The molecule has 0 spiro atoms. The van der Waals surface area contributed by atoms with E-state index in [1.807, 2.05) is 18.2 Å². The summed E-state index contributed by atoms with van der Waals surface area (Å²) in [4.78, 5) is 27.1. The van der Waals surface area contributed by atoms with E-state index < -0.39 is 5.97 Å². The van der Waals surface area contributed by atoms with E-state index in [4.69, 9.17) is 5.26 Å². The second-order valence-electron chi connectivity index (χ2n) is 6.91. The monoisotopic (exact) mass is 385 g/mol. The van der Waals surface area contributed by atoms with Gasteiger partial charge in [-0.05, 0) is 31.2 Å². The van der Waals surface area contributed by atoms with Gasteiger partial charge in [0.15, 0.2) is 0 Å². The largest absolute Gasteiger partial charge is 0.469 e. The summed E-state index contributed by atoms with van der Waals surface area (Å²) < 4.78 is 4.56. The van der Waals surface area contributed by atoms with Crippen LogP contribution in [0.4, 0.5) is 0 Å². The van der Waals surface area contributed by atoms with Gasteiger partial charge in [0.05, 0.1) is 7.11 Å². The van der Waals surface area contributed by atoms with Crippen LogP contribution in [0.25, 0.3) is 0 Å². The van der Waals surface area contributed by atoms with E-state index >= 15 is 0 Å². The highest BCUT2D eigenvalue weighted by Crippen LogP contribution is 2.39. The van der Waals surface area contributed by atoms with Gasteiger partial charge in [-0.3, -0.25) is 9.59 Å². The number of hydrogen-bond acceptors (Lipinski definition) is 5. The number of guanidine groups is 1. The summed E-state index contributed by atoms with van der Waals surface area (Å²) in [5.74, 6) is -0.414. The summed E-state index contributed by atoms with van der Waals surface area (Å²) in [6, 6.07) is 10.3. The highest BCUT2D eigenvalue weighted by molar-refractivity contribution is 5.94. The number of benzene rings is 1. The molecule has 1 aromatic carbocycles. The van der Waals surface area contributed by atoms with Crippen LogP contribution in [0.1, 0.15) is 37.7 Å². The maximum Gasteiger partial charge on any atom is 0.315 e. The number of esters is 1. The highest BCUT2D eigenvalue weighted by Gasteiger charge is 2.37. The molecule has 0 heterocycles. The molecule has 150 valence electrons. The fraction of sp³-hybridized carbons (Fsp3) is 0.500. The number of methoxy groups -OCH3 is 1. The van der Waals surface area contributed by atoms with Gasteiger partial charge in [0.25, 0.3) is 0 Å². The fourth-order valence-electron chi connectivity index (χ4n) is 3.61. The standard InChI is InChI=1S/C20H27N5O3/c1-22-19(24-14-21)25-16-8-10-20(11-9-16,15-6-4-3-5-7-15)13-23-17(26)12-18(27)28-2/h3-7,16H,8-13H2,1-2H3,(H,23,26)(H2,22,24,25)/t16-,20-. The van der Waals surface area contributed by atoms with E-state index in [-0.39, 0.29) is 23.8 Å². The summed E-state index contributed by atoms with van der Waals surface area (Å²) in [5.41, 5.74) is 0.976. The highest BCUT2D eigenvalue weighted by atomic mass is 16.5. The van der Waals surface area contributed by atoms with Crippen LogP contribution in [0, 0.1) is 11.5 Å². The minimum Gasteiger partial charge on any atom is -0.469 e. The van der Waals surface area contributed by atoms with Gasteiger partial charge in [-0.2, -0.15) is 5.26 Å². The average Bonchev–Trinajstić information content (AvgIpc) is 2.73. The number of ether oxygens (including phenoxy) is 1. The average molecular weight is 385 g/mol. The Kier molecular flexibility index (Phi) is 7.81. The third-order valence-corrected chi connectivity index (χ3v) is 5.22. The summed E-state index contributed by atoms with van der Waals surface area (Å²) in [5, 5.41) is 17.8. The first-order valence-corrected chi connectivity index (χ1v) is 9.33. The molecule has 1 aliphatic carbocycles. The normalized spacial score (nSPS) is 21.9. The Balaban J connectivity index is 2.06. The van der Waals surface area contributed by atoms with Crippen molar-refractivity contribution in [2.45, 2.75) is 43.6 Å². The van der Waals surface area contributed by atoms with Gasteiger partial charge in [0, 0.05) is 25.0 Å². The summed E-state index contributed by atoms with van der Waals surface area (Å²) in [6.45, 7) is 0.463. The van der Waals surface area contributed by atoms with Crippen LogP contribution in [0.15, 0.2) is 35.3 Å². The van der Waals surface area contributed by atoms with Crippen LogP contribution in [0.5, 0.6) is 0 Å². The Labute approximate surface area is 165 Å². The fourth-order valence-corrected chi connectivity index (χ4v) is 3.61. The van der Waals surface area contributed by atoms with Crippen molar-refractivity contribution in [3.05, 3.63) is 35.9 Å². The van der Waals surface area contributed by atoms with Crippen molar-refractivity contribution in [1.82, 2.24) is 16.0 Å². The van der Waals surface area contributed by atoms with Crippen LogP contribution in [0.2, 0.25) is 0 Å². The molecule has 0 unspecified atom stereocenters. The maximum atomic E-state index is 12.1. The number of aliphatic imine (C=N–C) groups is 1. The van der Waals surface area contributed by atoms with Crippen molar-refractivity contribution in [3.8, 4) is 6.19 Å². The Morgan fingerprint density at radius 1 is 1.29 bits per heavy atom. The molecule has 0 saturated heterocycles. The lowest BCUT2D eigenvalue weighted by Gasteiger charge is -2.41. The van der Waals surface area contributed by atoms with E-state index in [0.29, 0.717) is 12.5 Å². The van der Waals surface area contributed by atoms with Crippen LogP contribution in [-0.4, -0.2) is 44.6 Å². The zero-order chi connectivity index (χ0) is 20.4.